The molecular weight excluding hydrogens is 354 g/mol. The van der Waals surface area contributed by atoms with Crippen LogP contribution >= 0.6 is 0 Å². The highest BCUT2D eigenvalue weighted by Crippen LogP contribution is 2.18. The Morgan fingerprint density at radius 3 is 2.58 bits per heavy atom. The number of tetrazole rings is 1. The van der Waals surface area contributed by atoms with Crippen LogP contribution in [0.3, 0.4) is 0 Å². The highest BCUT2D eigenvalue weighted by Gasteiger charge is 2.34. The second-order valence-electron chi connectivity index (χ2n) is 6.43. The van der Waals surface area contributed by atoms with Gasteiger partial charge in [0.15, 0.2) is 9.84 Å². The number of carbonyl (C=O) groups excluding carboxylic acids is 1. The summed E-state index contributed by atoms with van der Waals surface area (Å²) in [6.45, 7) is 4.34. The number of aryl methyl sites for hydroxylation is 1. The molecule has 0 bridgehead atoms. The molecule has 0 radical (unpaired) electrons. The Morgan fingerprint density at radius 1 is 1.27 bits per heavy atom. The van der Waals surface area contributed by atoms with Gasteiger partial charge in [-0.25, -0.2) is 8.42 Å². The summed E-state index contributed by atoms with van der Waals surface area (Å²) in [6.07, 6.45) is 1.44. The van der Waals surface area contributed by atoms with Crippen molar-refractivity contribution in [2.45, 2.75) is 39.3 Å². The first-order valence-corrected chi connectivity index (χ1v) is 10.6. The van der Waals surface area contributed by atoms with E-state index in [1.54, 1.807) is 4.90 Å². The molecule has 3 rings (SSSR count). The predicted molar refractivity (Wildman–Crippen MR) is 97.1 cm³/mol. The van der Waals surface area contributed by atoms with E-state index in [0.29, 0.717) is 18.8 Å². The van der Waals surface area contributed by atoms with Crippen LogP contribution in [0.5, 0.6) is 0 Å². The van der Waals surface area contributed by atoms with Crippen LogP contribution < -0.4 is 0 Å². The second kappa shape index (κ2) is 7.53. The monoisotopic (exact) mass is 377 g/mol. The number of hydrogen-bond acceptors (Lipinski definition) is 6. The molecule has 9 heteroatoms. The molecule has 1 amide bonds. The molecule has 0 spiro atoms. The standard InChI is InChI=1S/C17H23N5O3S/c1-3-13-5-7-14(8-6-13)17-18-20-22(19-17)11-16(23)21(4-2)15-9-10-26(24,25)12-15/h5-8,15H,3-4,9-12H2,1-2H3/t15-/m1/s1. The molecule has 1 aromatic heterocycles. The largest absolute Gasteiger partial charge is 0.337 e. The van der Waals surface area contributed by atoms with Crippen LogP contribution in [0.25, 0.3) is 11.4 Å². The van der Waals surface area contributed by atoms with Crippen molar-refractivity contribution in [1.29, 1.82) is 0 Å². The molecule has 0 N–H and O–H groups in total. The van der Waals surface area contributed by atoms with E-state index in [1.165, 1.54) is 10.4 Å². The first kappa shape index (κ1) is 18.5. The fourth-order valence-corrected chi connectivity index (χ4v) is 4.92. The van der Waals surface area contributed by atoms with Gasteiger partial charge >= 0.3 is 0 Å². The fourth-order valence-electron chi connectivity index (χ4n) is 3.19. The molecule has 1 fully saturated rings. The Morgan fingerprint density at radius 2 is 2.00 bits per heavy atom. The minimum atomic E-state index is -3.04. The van der Waals surface area contributed by atoms with Crippen molar-refractivity contribution in [1.82, 2.24) is 25.1 Å². The van der Waals surface area contributed by atoms with E-state index in [4.69, 9.17) is 0 Å². The third-order valence-corrected chi connectivity index (χ3v) is 6.41. The zero-order chi connectivity index (χ0) is 18.7. The van der Waals surface area contributed by atoms with Crippen molar-refractivity contribution in [2.24, 2.45) is 0 Å². The Hall–Kier alpha value is -2.29. The van der Waals surface area contributed by atoms with Crippen LogP contribution in [0.15, 0.2) is 24.3 Å². The Labute approximate surface area is 153 Å². The van der Waals surface area contributed by atoms with Gasteiger partial charge < -0.3 is 4.90 Å². The molecule has 1 aromatic carbocycles. The van der Waals surface area contributed by atoms with Crippen LogP contribution in [0.1, 0.15) is 25.8 Å². The number of benzene rings is 1. The SMILES string of the molecule is CCc1ccc(-c2nnn(CC(=O)N(CC)[C@@H]3CCS(=O)(=O)C3)n2)cc1. The normalized spacial score (nSPS) is 18.8. The summed E-state index contributed by atoms with van der Waals surface area (Å²) < 4.78 is 23.3. The van der Waals surface area contributed by atoms with Gasteiger partial charge in [0, 0.05) is 18.2 Å². The van der Waals surface area contributed by atoms with Crippen molar-refractivity contribution in [3.05, 3.63) is 29.8 Å². The third kappa shape index (κ3) is 4.09. The molecule has 26 heavy (non-hydrogen) atoms. The van der Waals surface area contributed by atoms with Gasteiger partial charge in [-0.05, 0) is 30.5 Å². The highest BCUT2D eigenvalue weighted by molar-refractivity contribution is 7.91. The van der Waals surface area contributed by atoms with Crippen molar-refractivity contribution >= 4 is 15.7 Å². The molecule has 8 nitrogen and oxygen atoms in total. The van der Waals surface area contributed by atoms with E-state index in [0.717, 1.165) is 12.0 Å². The fraction of sp³-hybridized carbons (Fsp3) is 0.529. The molecule has 0 saturated carbocycles. The van der Waals surface area contributed by atoms with E-state index in [2.05, 4.69) is 22.3 Å². The topological polar surface area (TPSA) is 98.0 Å². The van der Waals surface area contributed by atoms with Gasteiger partial charge in [-0.15, -0.1) is 10.2 Å². The Kier molecular flexibility index (Phi) is 5.36. The number of nitrogens with zero attached hydrogens (tertiary/aromatic N) is 5. The maximum absolute atomic E-state index is 12.6. The first-order valence-electron chi connectivity index (χ1n) is 8.79. The van der Waals surface area contributed by atoms with E-state index < -0.39 is 9.84 Å². The minimum absolute atomic E-state index is 0.0341. The third-order valence-electron chi connectivity index (χ3n) is 4.66. The van der Waals surface area contributed by atoms with Gasteiger partial charge in [-0.2, -0.15) is 4.80 Å². The number of aromatic nitrogens is 4. The Balaban J connectivity index is 1.68. The Bertz CT molecular complexity index is 876. The second-order valence-corrected chi connectivity index (χ2v) is 8.66. The summed E-state index contributed by atoms with van der Waals surface area (Å²) in [6, 6.07) is 7.64. The van der Waals surface area contributed by atoms with E-state index >= 15 is 0 Å². The number of likely N-dealkylation sites (N-methyl/N-ethyl adjacent to an activating group) is 1. The molecule has 140 valence electrons. The molecule has 1 aliphatic rings. The van der Waals surface area contributed by atoms with Crippen LogP contribution in [0.2, 0.25) is 0 Å². The lowest BCUT2D eigenvalue weighted by molar-refractivity contribution is -0.133. The molecule has 0 unspecified atom stereocenters. The molecule has 1 atom stereocenters. The summed E-state index contributed by atoms with van der Waals surface area (Å²) in [5.74, 6) is 0.444. The summed E-state index contributed by atoms with van der Waals surface area (Å²) in [5.41, 5.74) is 2.07. The highest BCUT2D eigenvalue weighted by atomic mass is 32.2. The molecule has 2 aromatic rings. The molecular formula is C17H23N5O3S. The summed E-state index contributed by atoms with van der Waals surface area (Å²) in [5, 5.41) is 12.2. The van der Waals surface area contributed by atoms with Crippen LogP contribution in [0, 0.1) is 0 Å². The van der Waals surface area contributed by atoms with Crippen molar-refractivity contribution in [3.8, 4) is 11.4 Å². The zero-order valence-electron chi connectivity index (χ0n) is 15.0. The van der Waals surface area contributed by atoms with Crippen LogP contribution in [-0.2, 0) is 27.6 Å². The number of hydrogen-bond donors (Lipinski definition) is 0. The van der Waals surface area contributed by atoms with E-state index in [-0.39, 0.29) is 30.0 Å². The van der Waals surface area contributed by atoms with Gasteiger partial charge in [0.25, 0.3) is 0 Å². The van der Waals surface area contributed by atoms with Crippen LogP contribution in [-0.4, -0.2) is 63.5 Å². The molecule has 1 saturated heterocycles. The zero-order valence-corrected chi connectivity index (χ0v) is 15.8. The van der Waals surface area contributed by atoms with Gasteiger partial charge in [0.1, 0.15) is 6.54 Å². The minimum Gasteiger partial charge on any atom is -0.337 e. The average Bonchev–Trinajstić information content (AvgIpc) is 3.22. The maximum Gasteiger partial charge on any atom is 0.246 e. The maximum atomic E-state index is 12.6. The predicted octanol–water partition coefficient (Wildman–Crippen LogP) is 0.938. The summed E-state index contributed by atoms with van der Waals surface area (Å²) in [7, 11) is -3.04. The van der Waals surface area contributed by atoms with E-state index in [1.807, 2.05) is 31.2 Å². The quantitative estimate of drug-likeness (QED) is 0.743. The lowest BCUT2D eigenvalue weighted by atomic mass is 10.1. The number of carbonyl (C=O) groups is 1. The summed E-state index contributed by atoms with van der Waals surface area (Å²) in [4.78, 5) is 15.4. The lowest BCUT2D eigenvalue weighted by Gasteiger charge is -2.26. The number of rotatable bonds is 6. The molecule has 1 aliphatic heterocycles. The van der Waals surface area contributed by atoms with Gasteiger partial charge in [0.05, 0.1) is 11.5 Å². The van der Waals surface area contributed by atoms with Crippen molar-refractivity contribution in [2.75, 3.05) is 18.1 Å². The molecule has 0 aliphatic carbocycles. The molecule has 2 heterocycles. The number of sulfone groups is 1. The van der Waals surface area contributed by atoms with Gasteiger partial charge in [0.2, 0.25) is 11.7 Å². The number of amides is 1. The lowest BCUT2D eigenvalue weighted by Crippen LogP contribution is -2.42. The van der Waals surface area contributed by atoms with Gasteiger partial charge in [-0.3, -0.25) is 4.79 Å². The smallest absolute Gasteiger partial charge is 0.246 e. The summed E-state index contributed by atoms with van der Waals surface area (Å²) >= 11 is 0. The van der Waals surface area contributed by atoms with E-state index in [9.17, 15) is 13.2 Å². The van der Waals surface area contributed by atoms with Crippen molar-refractivity contribution in [3.63, 3.8) is 0 Å². The average molecular weight is 377 g/mol. The van der Waals surface area contributed by atoms with Gasteiger partial charge in [-0.1, -0.05) is 31.2 Å². The van der Waals surface area contributed by atoms with Crippen LogP contribution in [0.4, 0.5) is 0 Å². The first-order chi connectivity index (χ1) is 12.4. The van der Waals surface area contributed by atoms with Crippen molar-refractivity contribution < 1.29 is 13.2 Å².